The van der Waals surface area contributed by atoms with Gasteiger partial charge >= 0.3 is 0 Å². The molecule has 0 atom stereocenters. The van der Waals surface area contributed by atoms with Gasteiger partial charge in [-0.3, -0.25) is 4.79 Å². The van der Waals surface area contributed by atoms with Gasteiger partial charge in [0.05, 0.1) is 5.69 Å². The van der Waals surface area contributed by atoms with Gasteiger partial charge in [0.2, 0.25) is 5.91 Å². The van der Waals surface area contributed by atoms with Crippen molar-refractivity contribution in [3.05, 3.63) is 27.8 Å². The summed E-state index contributed by atoms with van der Waals surface area (Å²) in [4.78, 5) is 10.8. The number of halogens is 1. The minimum Gasteiger partial charge on any atom is -0.387 e. The van der Waals surface area contributed by atoms with Crippen LogP contribution in [0.15, 0.2) is 24.3 Å². The molecule has 0 radical (unpaired) electrons. The summed E-state index contributed by atoms with van der Waals surface area (Å²) in [6.07, 6.45) is 0. The average molecular weight is 277 g/mol. The van der Waals surface area contributed by atoms with Crippen LogP contribution in [0.2, 0.25) is 0 Å². The summed E-state index contributed by atoms with van der Waals surface area (Å²) < 4.78 is 0.955. The van der Waals surface area contributed by atoms with E-state index in [4.69, 9.17) is 5.11 Å². The summed E-state index contributed by atoms with van der Waals surface area (Å²) in [5, 5.41) is 11.0. The highest BCUT2D eigenvalue weighted by Crippen LogP contribution is 2.16. The first-order chi connectivity index (χ1) is 5.74. The zero-order valence-electron chi connectivity index (χ0n) is 6.25. The predicted octanol–water partition coefficient (Wildman–Crippen LogP) is 1.22. The van der Waals surface area contributed by atoms with Gasteiger partial charge in [0.15, 0.2) is 0 Å². The molecule has 0 spiro atoms. The molecule has 4 heteroatoms. The maximum absolute atomic E-state index is 10.8. The third-order valence-electron chi connectivity index (χ3n) is 1.29. The lowest BCUT2D eigenvalue weighted by Crippen LogP contribution is -2.15. The van der Waals surface area contributed by atoms with Crippen LogP contribution in [-0.4, -0.2) is 17.6 Å². The summed E-state index contributed by atoms with van der Waals surface area (Å²) in [7, 11) is 0. The molecule has 1 rings (SSSR count). The maximum Gasteiger partial charge on any atom is 0.250 e. The van der Waals surface area contributed by atoms with Gasteiger partial charge in [-0.25, -0.2) is 0 Å². The number of para-hydroxylation sites is 1. The van der Waals surface area contributed by atoms with Gasteiger partial charge in [-0.2, -0.15) is 0 Å². The second kappa shape index (κ2) is 4.42. The fourth-order valence-corrected chi connectivity index (χ4v) is 1.27. The van der Waals surface area contributed by atoms with Gasteiger partial charge in [-0.15, -0.1) is 0 Å². The summed E-state index contributed by atoms with van der Waals surface area (Å²) in [5.74, 6) is -0.390. The Kier molecular flexibility index (Phi) is 3.48. The maximum atomic E-state index is 10.8. The van der Waals surface area contributed by atoms with Crippen LogP contribution in [0, 0.1) is 3.57 Å². The molecule has 0 aliphatic carbocycles. The van der Waals surface area contributed by atoms with Crippen LogP contribution >= 0.6 is 22.6 Å². The molecular weight excluding hydrogens is 269 g/mol. The minimum atomic E-state index is -0.481. The van der Waals surface area contributed by atoms with E-state index in [2.05, 4.69) is 27.9 Å². The van der Waals surface area contributed by atoms with Crippen LogP contribution in [0.3, 0.4) is 0 Å². The van der Waals surface area contributed by atoms with Gasteiger partial charge in [0, 0.05) is 3.57 Å². The first-order valence-corrected chi connectivity index (χ1v) is 4.47. The SMILES string of the molecule is O=C(CO)Nc1ccccc1I. The molecule has 0 heterocycles. The van der Waals surface area contributed by atoms with Gasteiger partial charge in [0.1, 0.15) is 6.61 Å². The molecule has 1 amide bonds. The summed E-state index contributed by atoms with van der Waals surface area (Å²) in [6, 6.07) is 7.38. The molecule has 0 saturated heterocycles. The largest absolute Gasteiger partial charge is 0.387 e. The molecule has 3 nitrogen and oxygen atoms in total. The van der Waals surface area contributed by atoms with Crippen LogP contribution in [0.5, 0.6) is 0 Å². The number of benzene rings is 1. The zero-order valence-corrected chi connectivity index (χ0v) is 8.41. The van der Waals surface area contributed by atoms with Crippen LogP contribution < -0.4 is 5.32 Å². The molecule has 64 valence electrons. The summed E-state index contributed by atoms with van der Waals surface area (Å²) in [5.41, 5.74) is 0.733. The van der Waals surface area contributed by atoms with Gasteiger partial charge < -0.3 is 10.4 Å². The van der Waals surface area contributed by atoms with E-state index in [1.165, 1.54) is 0 Å². The van der Waals surface area contributed by atoms with Gasteiger partial charge in [-0.1, -0.05) is 12.1 Å². The van der Waals surface area contributed by atoms with Crippen molar-refractivity contribution in [1.29, 1.82) is 0 Å². The average Bonchev–Trinajstić information content (AvgIpc) is 2.09. The first-order valence-electron chi connectivity index (χ1n) is 3.39. The monoisotopic (exact) mass is 277 g/mol. The van der Waals surface area contributed by atoms with E-state index < -0.39 is 6.61 Å². The van der Waals surface area contributed by atoms with Crippen molar-refractivity contribution in [2.24, 2.45) is 0 Å². The number of amides is 1. The normalized spacial score (nSPS) is 9.50. The lowest BCUT2D eigenvalue weighted by atomic mass is 10.3. The molecule has 0 aromatic heterocycles. The second-order valence-electron chi connectivity index (χ2n) is 2.19. The molecule has 0 saturated carbocycles. The number of nitrogens with one attached hydrogen (secondary N) is 1. The van der Waals surface area contributed by atoms with E-state index in [0.717, 1.165) is 9.26 Å². The highest BCUT2D eigenvalue weighted by molar-refractivity contribution is 14.1. The van der Waals surface area contributed by atoms with Crippen LogP contribution in [0.1, 0.15) is 0 Å². The van der Waals surface area contributed by atoms with Crippen molar-refractivity contribution in [3.8, 4) is 0 Å². The fraction of sp³-hybridized carbons (Fsp3) is 0.125. The van der Waals surface area contributed by atoms with Crippen LogP contribution in [0.25, 0.3) is 0 Å². The molecule has 12 heavy (non-hydrogen) atoms. The molecule has 2 N–H and O–H groups in total. The molecule has 0 aliphatic heterocycles. The Morgan fingerprint density at radius 1 is 1.50 bits per heavy atom. The van der Waals surface area contributed by atoms with E-state index in [9.17, 15) is 4.79 Å². The topological polar surface area (TPSA) is 49.3 Å². The third-order valence-corrected chi connectivity index (χ3v) is 2.23. The van der Waals surface area contributed by atoms with Gasteiger partial charge in [-0.05, 0) is 34.7 Å². The van der Waals surface area contributed by atoms with Crippen LogP contribution in [0.4, 0.5) is 5.69 Å². The van der Waals surface area contributed by atoms with Gasteiger partial charge in [0.25, 0.3) is 0 Å². The molecule has 0 fully saturated rings. The van der Waals surface area contributed by atoms with E-state index in [0.29, 0.717) is 0 Å². The third kappa shape index (κ3) is 2.46. The molecular formula is C8H8INO2. The number of aliphatic hydroxyl groups excluding tert-OH is 1. The number of carbonyl (C=O) groups excluding carboxylic acids is 1. The smallest absolute Gasteiger partial charge is 0.250 e. The number of hydrogen-bond acceptors (Lipinski definition) is 2. The van der Waals surface area contributed by atoms with Crippen LogP contribution in [-0.2, 0) is 4.79 Å². The Hall–Kier alpha value is -0.620. The van der Waals surface area contributed by atoms with E-state index in [-0.39, 0.29) is 5.91 Å². The second-order valence-corrected chi connectivity index (χ2v) is 3.35. The van der Waals surface area contributed by atoms with Crippen molar-refractivity contribution < 1.29 is 9.90 Å². The Morgan fingerprint density at radius 2 is 2.17 bits per heavy atom. The highest BCUT2D eigenvalue weighted by atomic mass is 127. The lowest BCUT2D eigenvalue weighted by Gasteiger charge is -2.04. The van der Waals surface area contributed by atoms with Crippen molar-refractivity contribution in [2.75, 3.05) is 11.9 Å². The Balaban J connectivity index is 2.75. The van der Waals surface area contributed by atoms with Crippen molar-refractivity contribution in [3.63, 3.8) is 0 Å². The minimum absolute atomic E-state index is 0.390. The van der Waals surface area contributed by atoms with E-state index in [1.54, 1.807) is 6.07 Å². The predicted molar refractivity (Wildman–Crippen MR) is 54.9 cm³/mol. The van der Waals surface area contributed by atoms with E-state index >= 15 is 0 Å². The summed E-state index contributed by atoms with van der Waals surface area (Å²) in [6.45, 7) is -0.481. The molecule has 1 aromatic carbocycles. The molecule has 1 aromatic rings. The Labute approximate surface area is 83.9 Å². The number of rotatable bonds is 2. The zero-order chi connectivity index (χ0) is 8.97. The summed E-state index contributed by atoms with van der Waals surface area (Å²) >= 11 is 2.11. The molecule has 0 bridgehead atoms. The highest BCUT2D eigenvalue weighted by Gasteiger charge is 2.01. The Bertz CT molecular complexity index is 288. The van der Waals surface area contributed by atoms with Crippen molar-refractivity contribution >= 4 is 34.2 Å². The lowest BCUT2D eigenvalue weighted by molar-refractivity contribution is -0.118. The van der Waals surface area contributed by atoms with Crippen molar-refractivity contribution in [1.82, 2.24) is 0 Å². The van der Waals surface area contributed by atoms with E-state index in [1.807, 2.05) is 18.2 Å². The van der Waals surface area contributed by atoms with Crippen molar-refractivity contribution in [2.45, 2.75) is 0 Å². The number of carbonyl (C=O) groups is 1. The number of aliphatic hydroxyl groups is 1. The molecule has 0 unspecified atom stereocenters. The Morgan fingerprint density at radius 3 is 2.75 bits per heavy atom. The fourth-order valence-electron chi connectivity index (χ4n) is 0.752. The molecule has 0 aliphatic rings. The first kappa shape index (κ1) is 9.47. The quantitative estimate of drug-likeness (QED) is 0.799. The standard InChI is InChI=1S/C8H8INO2/c9-6-3-1-2-4-7(6)10-8(12)5-11/h1-4,11H,5H2,(H,10,12). The number of anilines is 1. The number of hydrogen-bond donors (Lipinski definition) is 2.